The zero-order valence-corrected chi connectivity index (χ0v) is 12.4. The predicted octanol–water partition coefficient (Wildman–Crippen LogP) is 4.78. The van der Waals surface area contributed by atoms with Crippen LogP contribution in [-0.2, 0) is 0 Å². The molecule has 1 N–H and O–H groups in total. The van der Waals surface area contributed by atoms with Crippen molar-refractivity contribution in [3.05, 3.63) is 72.4 Å². The minimum absolute atomic E-state index is 0.188. The molecule has 0 unspecified atom stereocenters. The van der Waals surface area contributed by atoms with Crippen molar-refractivity contribution in [3.8, 4) is 16.9 Å². The molecule has 1 aromatic heterocycles. The first-order valence-corrected chi connectivity index (χ1v) is 6.99. The van der Waals surface area contributed by atoms with Gasteiger partial charge in [-0.25, -0.2) is 13.8 Å². The number of nitrogens with one attached hydrogen (secondary N) is 1. The molecule has 116 valence electrons. The third-order valence-corrected chi connectivity index (χ3v) is 3.39. The molecule has 0 fully saturated rings. The summed E-state index contributed by atoms with van der Waals surface area (Å²) in [6, 6.07) is 14.9. The highest BCUT2D eigenvalue weighted by molar-refractivity contribution is 5.66. The van der Waals surface area contributed by atoms with E-state index in [2.05, 4.69) is 10.3 Å². The standard InChI is InChI=1S/C18H14F2N2O/c1-23-14-8-6-13(7-9-14)22-17-10-5-12(11-21-17)15-3-2-4-16(19)18(15)20/h2-11H,1H3,(H,21,22). The van der Waals surface area contributed by atoms with Crippen LogP contribution in [0.2, 0.25) is 0 Å². The average molecular weight is 312 g/mol. The van der Waals surface area contributed by atoms with E-state index >= 15 is 0 Å². The predicted molar refractivity (Wildman–Crippen MR) is 85.9 cm³/mol. The van der Waals surface area contributed by atoms with Crippen LogP contribution in [0.4, 0.5) is 20.3 Å². The van der Waals surface area contributed by atoms with Crippen LogP contribution in [0.15, 0.2) is 60.8 Å². The van der Waals surface area contributed by atoms with E-state index < -0.39 is 11.6 Å². The van der Waals surface area contributed by atoms with Gasteiger partial charge in [-0.15, -0.1) is 0 Å². The lowest BCUT2D eigenvalue weighted by Gasteiger charge is -2.08. The van der Waals surface area contributed by atoms with Gasteiger partial charge in [0.15, 0.2) is 11.6 Å². The molecular weight excluding hydrogens is 298 g/mol. The van der Waals surface area contributed by atoms with Crippen LogP contribution < -0.4 is 10.1 Å². The van der Waals surface area contributed by atoms with Crippen LogP contribution in [0.3, 0.4) is 0 Å². The van der Waals surface area contributed by atoms with E-state index in [9.17, 15) is 8.78 Å². The van der Waals surface area contributed by atoms with Gasteiger partial charge in [-0.1, -0.05) is 12.1 Å². The fourth-order valence-corrected chi connectivity index (χ4v) is 2.18. The molecule has 0 amide bonds. The molecule has 2 aromatic carbocycles. The number of pyridine rings is 1. The van der Waals surface area contributed by atoms with Gasteiger partial charge in [0.05, 0.1) is 7.11 Å². The fraction of sp³-hybridized carbons (Fsp3) is 0.0556. The number of methoxy groups -OCH3 is 1. The Kier molecular flexibility index (Phi) is 4.19. The summed E-state index contributed by atoms with van der Waals surface area (Å²) in [4.78, 5) is 4.23. The molecule has 0 spiro atoms. The molecule has 3 rings (SSSR count). The number of rotatable bonds is 4. The Hall–Kier alpha value is -2.95. The number of nitrogens with zero attached hydrogens (tertiary/aromatic N) is 1. The lowest BCUT2D eigenvalue weighted by molar-refractivity contribution is 0.415. The monoisotopic (exact) mass is 312 g/mol. The van der Waals surface area contributed by atoms with Gasteiger partial charge in [0.25, 0.3) is 0 Å². The van der Waals surface area contributed by atoms with Crippen molar-refractivity contribution >= 4 is 11.5 Å². The quantitative estimate of drug-likeness (QED) is 0.753. The van der Waals surface area contributed by atoms with Crippen LogP contribution in [0.1, 0.15) is 0 Å². The Morgan fingerprint density at radius 3 is 2.39 bits per heavy atom. The summed E-state index contributed by atoms with van der Waals surface area (Å²) >= 11 is 0. The maximum atomic E-state index is 13.8. The molecule has 3 nitrogen and oxygen atoms in total. The summed E-state index contributed by atoms with van der Waals surface area (Å²) < 4.78 is 32.1. The molecule has 0 saturated heterocycles. The minimum Gasteiger partial charge on any atom is -0.497 e. The molecule has 0 radical (unpaired) electrons. The summed E-state index contributed by atoms with van der Waals surface area (Å²) in [6.07, 6.45) is 1.50. The Morgan fingerprint density at radius 2 is 1.74 bits per heavy atom. The highest BCUT2D eigenvalue weighted by Gasteiger charge is 2.09. The van der Waals surface area contributed by atoms with E-state index in [1.807, 2.05) is 24.3 Å². The zero-order valence-electron chi connectivity index (χ0n) is 12.4. The fourth-order valence-electron chi connectivity index (χ4n) is 2.18. The van der Waals surface area contributed by atoms with E-state index in [1.54, 1.807) is 19.2 Å². The highest BCUT2D eigenvalue weighted by Crippen LogP contribution is 2.25. The van der Waals surface area contributed by atoms with Crippen molar-refractivity contribution < 1.29 is 13.5 Å². The molecular formula is C18H14F2N2O. The largest absolute Gasteiger partial charge is 0.497 e. The maximum Gasteiger partial charge on any atom is 0.166 e. The minimum atomic E-state index is -0.872. The van der Waals surface area contributed by atoms with Gasteiger partial charge >= 0.3 is 0 Å². The van der Waals surface area contributed by atoms with Gasteiger partial charge in [-0.3, -0.25) is 0 Å². The second-order valence-corrected chi connectivity index (χ2v) is 4.89. The van der Waals surface area contributed by atoms with Crippen LogP contribution in [0, 0.1) is 11.6 Å². The molecule has 0 aliphatic heterocycles. The number of anilines is 2. The van der Waals surface area contributed by atoms with Crippen molar-refractivity contribution in [1.82, 2.24) is 4.98 Å². The van der Waals surface area contributed by atoms with Gasteiger partial charge in [0, 0.05) is 23.0 Å². The number of halogens is 2. The molecule has 3 aromatic rings. The SMILES string of the molecule is COc1ccc(Nc2ccc(-c3cccc(F)c3F)cn2)cc1. The summed E-state index contributed by atoms with van der Waals surface area (Å²) in [7, 11) is 1.61. The number of ether oxygens (including phenoxy) is 1. The third-order valence-electron chi connectivity index (χ3n) is 3.39. The first kappa shape index (κ1) is 15.0. The van der Waals surface area contributed by atoms with Crippen LogP contribution in [-0.4, -0.2) is 12.1 Å². The van der Waals surface area contributed by atoms with Crippen LogP contribution >= 0.6 is 0 Å². The zero-order chi connectivity index (χ0) is 16.2. The number of benzene rings is 2. The molecule has 0 bridgehead atoms. The van der Waals surface area contributed by atoms with Crippen molar-refractivity contribution in [1.29, 1.82) is 0 Å². The summed E-state index contributed by atoms with van der Waals surface area (Å²) in [5, 5.41) is 3.13. The van der Waals surface area contributed by atoms with E-state index in [-0.39, 0.29) is 5.56 Å². The molecule has 23 heavy (non-hydrogen) atoms. The van der Waals surface area contributed by atoms with Crippen molar-refractivity contribution in [2.24, 2.45) is 0 Å². The summed E-state index contributed by atoms with van der Waals surface area (Å²) in [6.45, 7) is 0. The summed E-state index contributed by atoms with van der Waals surface area (Å²) in [5.41, 5.74) is 1.55. The second kappa shape index (κ2) is 6.44. The Bertz CT molecular complexity index is 802. The third kappa shape index (κ3) is 3.29. The lowest BCUT2D eigenvalue weighted by atomic mass is 10.1. The van der Waals surface area contributed by atoms with Crippen molar-refractivity contribution in [2.45, 2.75) is 0 Å². The van der Waals surface area contributed by atoms with E-state index in [0.29, 0.717) is 11.4 Å². The number of hydrogen-bond donors (Lipinski definition) is 1. The lowest BCUT2D eigenvalue weighted by Crippen LogP contribution is -1.95. The molecule has 0 saturated carbocycles. The Labute approximate surface area is 132 Å². The second-order valence-electron chi connectivity index (χ2n) is 4.89. The molecule has 5 heteroatoms. The van der Waals surface area contributed by atoms with Gasteiger partial charge in [0.1, 0.15) is 11.6 Å². The van der Waals surface area contributed by atoms with Gasteiger partial charge in [0.2, 0.25) is 0 Å². The first-order chi connectivity index (χ1) is 11.2. The topological polar surface area (TPSA) is 34.1 Å². The maximum absolute atomic E-state index is 13.8. The molecule has 0 aliphatic rings. The van der Waals surface area contributed by atoms with Crippen molar-refractivity contribution in [3.63, 3.8) is 0 Å². The van der Waals surface area contributed by atoms with Crippen LogP contribution in [0.25, 0.3) is 11.1 Å². The van der Waals surface area contributed by atoms with Gasteiger partial charge in [-0.2, -0.15) is 0 Å². The van der Waals surface area contributed by atoms with Gasteiger partial charge in [-0.05, 0) is 42.5 Å². The smallest absolute Gasteiger partial charge is 0.166 e. The first-order valence-electron chi connectivity index (χ1n) is 6.99. The molecule has 0 aliphatic carbocycles. The number of aromatic nitrogens is 1. The van der Waals surface area contributed by atoms with Crippen molar-refractivity contribution in [2.75, 3.05) is 12.4 Å². The average Bonchev–Trinajstić information content (AvgIpc) is 2.59. The van der Waals surface area contributed by atoms with Crippen LogP contribution in [0.5, 0.6) is 5.75 Å². The number of hydrogen-bond acceptors (Lipinski definition) is 3. The van der Waals surface area contributed by atoms with E-state index in [4.69, 9.17) is 4.74 Å². The summed E-state index contributed by atoms with van der Waals surface area (Å²) in [5.74, 6) is -0.371. The van der Waals surface area contributed by atoms with Gasteiger partial charge < -0.3 is 10.1 Å². The molecule has 0 atom stereocenters. The Balaban J connectivity index is 1.80. The normalized spacial score (nSPS) is 10.4. The highest BCUT2D eigenvalue weighted by atomic mass is 19.2. The van der Waals surface area contributed by atoms with E-state index in [1.165, 1.54) is 18.3 Å². The Morgan fingerprint density at radius 1 is 0.957 bits per heavy atom. The molecule has 1 heterocycles. The van der Waals surface area contributed by atoms with E-state index in [0.717, 1.165) is 17.5 Å².